The number of nitrogens with one attached hydrogen (secondary N) is 2. The quantitative estimate of drug-likeness (QED) is 0.442. The van der Waals surface area contributed by atoms with Gasteiger partial charge >= 0.3 is 6.18 Å². The van der Waals surface area contributed by atoms with Gasteiger partial charge < -0.3 is 9.88 Å². The summed E-state index contributed by atoms with van der Waals surface area (Å²) in [6.45, 7) is 0.292. The van der Waals surface area contributed by atoms with Crippen molar-refractivity contribution in [1.29, 1.82) is 0 Å². The summed E-state index contributed by atoms with van der Waals surface area (Å²) in [6.07, 6.45) is -4.49. The van der Waals surface area contributed by atoms with E-state index in [1.807, 2.05) is 41.9 Å². The summed E-state index contributed by atoms with van der Waals surface area (Å²) >= 11 is 0. The number of fused-ring (bicyclic) bond motifs is 1. The Morgan fingerprint density at radius 1 is 1.00 bits per heavy atom. The number of aromatic nitrogens is 2. The van der Waals surface area contributed by atoms with Crippen LogP contribution < -0.4 is 10.6 Å². The van der Waals surface area contributed by atoms with Gasteiger partial charge in [-0.2, -0.15) is 13.2 Å². The highest BCUT2D eigenvalue weighted by Gasteiger charge is 2.31. The fourth-order valence-electron chi connectivity index (χ4n) is 3.54. The number of para-hydroxylation sites is 2. The lowest BCUT2D eigenvalue weighted by Crippen LogP contribution is -2.33. The molecule has 32 heavy (non-hydrogen) atoms. The van der Waals surface area contributed by atoms with Gasteiger partial charge in [0.25, 0.3) is 0 Å². The molecule has 1 aromatic heterocycles. The first-order chi connectivity index (χ1) is 15.3. The van der Waals surface area contributed by atoms with Gasteiger partial charge in [-0.15, -0.1) is 0 Å². The van der Waals surface area contributed by atoms with Crippen LogP contribution in [0.25, 0.3) is 11.0 Å². The molecule has 4 aromatic rings. The first-order valence-corrected chi connectivity index (χ1v) is 10.00. The Hall–Kier alpha value is -3.65. The van der Waals surface area contributed by atoms with E-state index in [-0.39, 0.29) is 5.69 Å². The minimum atomic E-state index is -4.49. The molecule has 0 aliphatic rings. The van der Waals surface area contributed by atoms with Gasteiger partial charge in [-0.1, -0.05) is 48.5 Å². The molecule has 0 fully saturated rings. The number of carbonyl (C=O) groups is 1. The van der Waals surface area contributed by atoms with E-state index >= 15 is 0 Å². The van der Waals surface area contributed by atoms with Gasteiger partial charge in [0.2, 0.25) is 5.91 Å². The van der Waals surface area contributed by atoms with E-state index in [0.29, 0.717) is 12.1 Å². The van der Waals surface area contributed by atoms with Crippen molar-refractivity contribution < 1.29 is 18.0 Å². The molecule has 0 spiro atoms. The Morgan fingerprint density at radius 2 is 1.72 bits per heavy atom. The van der Waals surface area contributed by atoms with E-state index in [2.05, 4.69) is 15.6 Å². The molecule has 0 bridgehead atoms. The Balaban J connectivity index is 1.57. The molecule has 0 saturated heterocycles. The fraction of sp³-hybridized carbons (Fsp3) is 0.167. The number of rotatable bonds is 6. The topological polar surface area (TPSA) is 59.0 Å². The van der Waals surface area contributed by atoms with Crippen molar-refractivity contribution in [3.8, 4) is 0 Å². The molecule has 2 N–H and O–H groups in total. The predicted octanol–water partition coefficient (Wildman–Crippen LogP) is 5.06. The number of hydrogen-bond acceptors (Lipinski definition) is 3. The average molecular weight is 438 g/mol. The smallest absolute Gasteiger partial charge is 0.330 e. The van der Waals surface area contributed by atoms with Crippen molar-refractivity contribution in [2.75, 3.05) is 5.32 Å². The van der Waals surface area contributed by atoms with E-state index in [9.17, 15) is 18.0 Å². The largest absolute Gasteiger partial charge is 0.416 e. The molecule has 0 radical (unpaired) electrons. The third-order valence-electron chi connectivity index (χ3n) is 5.20. The number of hydrogen-bond donors (Lipinski definition) is 2. The summed E-state index contributed by atoms with van der Waals surface area (Å²) in [5.41, 5.74) is 1.76. The van der Waals surface area contributed by atoms with Crippen LogP contribution in [0.5, 0.6) is 0 Å². The molecule has 1 atom stereocenters. The second-order valence-electron chi connectivity index (χ2n) is 7.37. The number of carbonyl (C=O) groups excluding carboxylic acids is 1. The normalized spacial score (nSPS) is 12.6. The summed E-state index contributed by atoms with van der Waals surface area (Å²) in [5, 5.41) is 5.80. The molecule has 5 nitrogen and oxygen atoms in total. The van der Waals surface area contributed by atoms with Crippen molar-refractivity contribution in [2.24, 2.45) is 7.05 Å². The molecule has 1 amide bonds. The van der Waals surface area contributed by atoms with Crippen molar-refractivity contribution in [3.63, 3.8) is 0 Å². The van der Waals surface area contributed by atoms with Crippen LogP contribution in [0.4, 0.5) is 18.9 Å². The number of anilines is 1. The van der Waals surface area contributed by atoms with Crippen LogP contribution in [-0.2, 0) is 24.6 Å². The fourth-order valence-corrected chi connectivity index (χ4v) is 3.54. The molecule has 8 heteroatoms. The number of alkyl halides is 3. The van der Waals surface area contributed by atoms with E-state index in [4.69, 9.17) is 0 Å². The van der Waals surface area contributed by atoms with Gasteiger partial charge in [0.05, 0.1) is 23.1 Å². The predicted molar refractivity (Wildman–Crippen MR) is 117 cm³/mol. The number of aryl methyl sites for hydroxylation is 1. The molecule has 1 heterocycles. The average Bonchev–Trinajstić information content (AvgIpc) is 3.10. The zero-order chi connectivity index (χ0) is 22.7. The Bertz CT molecular complexity index is 1230. The Morgan fingerprint density at radius 3 is 2.44 bits per heavy atom. The van der Waals surface area contributed by atoms with Crippen LogP contribution in [-0.4, -0.2) is 15.5 Å². The molecule has 0 aliphatic carbocycles. The van der Waals surface area contributed by atoms with Gasteiger partial charge in [-0.05, 0) is 35.9 Å². The first kappa shape index (κ1) is 21.6. The molecular formula is C24H21F3N4O. The highest BCUT2D eigenvalue weighted by atomic mass is 19.4. The zero-order valence-electron chi connectivity index (χ0n) is 17.2. The van der Waals surface area contributed by atoms with Crippen LogP contribution in [0.2, 0.25) is 0 Å². The summed E-state index contributed by atoms with van der Waals surface area (Å²) < 4.78 is 41.0. The minimum Gasteiger partial charge on any atom is -0.330 e. The minimum absolute atomic E-state index is 0.0790. The van der Waals surface area contributed by atoms with E-state index < -0.39 is 23.7 Å². The molecule has 0 saturated carbocycles. The first-order valence-electron chi connectivity index (χ1n) is 10.00. The van der Waals surface area contributed by atoms with Gasteiger partial charge in [0.1, 0.15) is 11.9 Å². The number of nitrogens with zero attached hydrogens (tertiary/aromatic N) is 2. The van der Waals surface area contributed by atoms with Crippen molar-refractivity contribution in [2.45, 2.75) is 18.8 Å². The lowest BCUT2D eigenvalue weighted by molar-refractivity contribution is -0.137. The molecule has 0 aliphatic heterocycles. The van der Waals surface area contributed by atoms with E-state index in [0.717, 1.165) is 29.0 Å². The Kier molecular flexibility index (Phi) is 5.96. The maximum absolute atomic E-state index is 13.1. The van der Waals surface area contributed by atoms with E-state index in [1.165, 1.54) is 12.1 Å². The van der Waals surface area contributed by atoms with E-state index in [1.54, 1.807) is 24.3 Å². The molecule has 4 rings (SSSR count). The van der Waals surface area contributed by atoms with Gasteiger partial charge in [-0.25, -0.2) is 4.98 Å². The third kappa shape index (κ3) is 4.65. The summed E-state index contributed by atoms with van der Waals surface area (Å²) in [7, 11) is 1.90. The Labute approximate surface area is 182 Å². The number of halogens is 3. The second kappa shape index (κ2) is 8.84. The van der Waals surface area contributed by atoms with Crippen LogP contribution in [0, 0.1) is 0 Å². The van der Waals surface area contributed by atoms with Crippen molar-refractivity contribution in [3.05, 3.63) is 95.8 Å². The molecular weight excluding hydrogens is 417 g/mol. The molecule has 0 unspecified atom stereocenters. The monoisotopic (exact) mass is 438 g/mol. The summed E-state index contributed by atoms with van der Waals surface area (Å²) in [6, 6.07) is 20.5. The maximum Gasteiger partial charge on any atom is 0.416 e. The van der Waals surface area contributed by atoms with Crippen molar-refractivity contribution >= 4 is 22.6 Å². The SMILES string of the molecule is Cn1c(CN[C@@H](C(=O)Nc2cccc(C(F)(F)F)c2)c2ccccc2)nc2ccccc21. The lowest BCUT2D eigenvalue weighted by Gasteiger charge is -2.19. The van der Waals surface area contributed by atoms with Crippen molar-refractivity contribution in [1.82, 2.24) is 14.9 Å². The molecule has 3 aromatic carbocycles. The molecule has 164 valence electrons. The van der Waals surface area contributed by atoms with Gasteiger partial charge in [-0.3, -0.25) is 10.1 Å². The van der Waals surface area contributed by atoms with Gasteiger partial charge in [0.15, 0.2) is 0 Å². The maximum atomic E-state index is 13.1. The van der Waals surface area contributed by atoms with Gasteiger partial charge in [0, 0.05) is 12.7 Å². The highest BCUT2D eigenvalue weighted by Crippen LogP contribution is 2.31. The standard InChI is InChI=1S/C24H21F3N4O/c1-31-20-13-6-5-12-19(20)30-21(31)15-28-22(16-8-3-2-4-9-16)23(32)29-18-11-7-10-17(14-18)24(25,26)27/h2-14,22,28H,15H2,1H3,(H,29,32)/t22-/m1/s1. The third-order valence-corrected chi connectivity index (χ3v) is 5.20. The zero-order valence-corrected chi connectivity index (χ0v) is 17.2. The number of imidazole rings is 1. The lowest BCUT2D eigenvalue weighted by atomic mass is 10.1. The highest BCUT2D eigenvalue weighted by molar-refractivity contribution is 5.95. The number of amides is 1. The number of benzene rings is 3. The van der Waals surface area contributed by atoms with Crippen LogP contribution in [0.3, 0.4) is 0 Å². The summed E-state index contributed by atoms with van der Waals surface area (Å²) in [4.78, 5) is 17.7. The van der Waals surface area contributed by atoms with Crippen LogP contribution >= 0.6 is 0 Å². The van der Waals surface area contributed by atoms with Crippen LogP contribution in [0.15, 0.2) is 78.9 Å². The second-order valence-corrected chi connectivity index (χ2v) is 7.37. The summed E-state index contributed by atoms with van der Waals surface area (Å²) in [5.74, 6) is 0.272. The van der Waals surface area contributed by atoms with Crippen LogP contribution in [0.1, 0.15) is 23.0 Å².